The SMILES string of the molecule is CCNC(=NCc1cccc(C(=O)NC)c1)NC1CC(=O)N(c2ccccc2)C1.I. The maximum absolute atomic E-state index is 12.4. The first-order chi connectivity index (χ1) is 14.1. The molecule has 1 heterocycles. The lowest BCUT2D eigenvalue weighted by Gasteiger charge is -2.19. The number of halogens is 1. The van der Waals surface area contributed by atoms with Crippen LogP contribution in [0.5, 0.6) is 0 Å². The number of rotatable bonds is 6. The zero-order chi connectivity index (χ0) is 20.6. The number of benzene rings is 2. The summed E-state index contributed by atoms with van der Waals surface area (Å²) >= 11 is 0. The average Bonchev–Trinajstić information content (AvgIpc) is 3.12. The lowest BCUT2D eigenvalue weighted by atomic mass is 10.1. The largest absolute Gasteiger partial charge is 0.357 e. The Hall–Kier alpha value is -2.62. The Bertz CT molecular complexity index is 888. The topological polar surface area (TPSA) is 85.8 Å². The molecule has 2 amide bonds. The van der Waals surface area contributed by atoms with Gasteiger partial charge in [0, 0.05) is 37.8 Å². The van der Waals surface area contributed by atoms with Crippen LogP contribution in [0.1, 0.15) is 29.3 Å². The molecule has 1 aliphatic rings. The number of para-hydroxylation sites is 1. The minimum Gasteiger partial charge on any atom is -0.357 e. The van der Waals surface area contributed by atoms with Gasteiger partial charge in [-0.1, -0.05) is 30.3 Å². The molecule has 2 aromatic carbocycles. The fourth-order valence-electron chi connectivity index (χ4n) is 3.30. The van der Waals surface area contributed by atoms with Crippen LogP contribution >= 0.6 is 24.0 Å². The number of hydrogen-bond donors (Lipinski definition) is 3. The van der Waals surface area contributed by atoms with Crippen LogP contribution in [0, 0.1) is 0 Å². The number of anilines is 1. The summed E-state index contributed by atoms with van der Waals surface area (Å²) < 4.78 is 0. The van der Waals surface area contributed by atoms with E-state index in [1.807, 2.05) is 55.5 Å². The van der Waals surface area contributed by atoms with Crippen molar-refractivity contribution in [3.63, 3.8) is 0 Å². The Balaban J connectivity index is 0.00000320. The number of hydrogen-bond acceptors (Lipinski definition) is 3. The molecule has 1 atom stereocenters. The van der Waals surface area contributed by atoms with Crippen LogP contribution in [0.4, 0.5) is 5.69 Å². The van der Waals surface area contributed by atoms with E-state index in [0.29, 0.717) is 37.6 Å². The normalized spacial score (nSPS) is 16.1. The number of carbonyl (C=O) groups is 2. The van der Waals surface area contributed by atoms with Gasteiger partial charge in [-0.05, 0) is 36.8 Å². The van der Waals surface area contributed by atoms with Crippen molar-refractivity contribution in [1.82, 2.24) is 16.0 Å². The van der Waals surface area contributed by atoms with Crippen LogP contribution in [-0.2, 0) is 11.3 Å². The summed E-state index contributed by atoms with van der Waals surface area (Å²) in [6.07, 6.45) is 0.422. The Morgan fingerprint density at radius 1 is 1.17 bits per heavy atom. The Morgan fingerprint density at radius 2 is 1.93 bits per heavy atom. The van der Waals surface area contributed by atoms with E-state index in [4.69, 9.17) is 0 Å². The Morgan fingerprint density at radius 3 is 2.63 bits per heavy atom. The van der Waals surface area contributed by atoms with E-state index in [9.17, 15) is 9.59 Å². The van der Waals surface area contributed by atoms with Crippen LogP contribution < -0.4 is 20.9 Å². The van der Waals surface area contributed by atoms with E-state index in [0.717, 1.165) is 11.3 Å². The molecule has 0 aromatic heterocycles. The summed E-state index contributed by atoms with van der Waals surface area (Å²) in [5.74, 6) is 0.639. The first-order valence-electron chi connectivity index (χ1n) is 9.82. The number of guanidine groups is 1. The van der Waals surface area contributed by atoms with Gasteiger partial charge in [0.05, 0.1) is 12.6 Å². The fraction of sp³-hybridized carbons (Fsp3) is 0.318. The molecule has 160 valence electrons. The first-order valence-corrected chi connectivity index (χ1v) is 9.82. The van der Waals surface area contributed by atoms with E-state index < -0.39 is 0 Å². The predicted molar refractivity (Wildman–Crippen MR) is 130 cm³/mol. The standard InChI is InChI=1S/C22H27N5O2.HI/c1-3-24-22(25-14-16-8-7-9-17(12-16)21(29)23-2)26-18-13-20(28)27(15-18)19-10-5-4-6-11-19;/h4-12,18H,3,13-15H2,1-2H3,(H,23,29)(H2,24,25,26);1H. The van der Waals surface area contributed by atoms with Crippen LogP contribution in [-0.4, -0.2) is 44.0 Å². The van der Waals surface area contributed by atoms with E-state index >= 15 is 0 Å². The monoisotopic (exact) mass is 521 g/mol. The van der Waals surface area contributed by atoms with Gasteiger partial charge in [0.15, 0.2) is 5.96 Å². The third-order valence-electron chi connectivity index (χ3n) is 4.71. The van der Waals surface area contributed by atoms with Crippen molar-refractivity contribution in [3.8, 4) is 0 Å². The lowest BCUT2D eigenvalue weighted by Crippen LogP contribution is -2.44. The van der Waals surface area contributed by atoms with Crippen molar-refractivity contribution in [2.75, 3.05) is 25.0 Å². The highest BCUT2D eigenvalue weighted by Gasteiger charge is 2.31. The molecular formula is C22H28IN5O2. The summed E-state index contributed by atoms with van der Waals surface area (Å²) in [5.41, 5.74) is 2.46. The maximum atomic E-state index is 12.4. The van der Waals surface area contributed by atoms with Gasteiger partial charge < -0.3 is 20.9 Å². The van der Waals surface area contributed by atoms with Crippen molar-refractivity contribution >= 4 is 47.4 Å². The van der Waals surface area contributed by atoms with E-state index in [-0.39, 0.29) is 41.8 Å². The lowest BCUT2D eigenvalue weighted by molar-refractivity contribution is -0.117. The van der Waals surface area contributed by atoms with Crippen LogP contribution in [0.2, 0.25) is 0 Å². The summed E-state index contributed by atoms with van der Waals surface area (Å²) in [6.45, 7) is 3.75. The molecule has 0 bridgehead atoms. The molecule has 2 aromatic rings. The van der Waals surface area contributed by atoms with Crippen molar-refractivity contribution in [1.29, 1.82) is 0 Å². The van der Waals surface area contributed by atoms with Gasteiger partial charge >= 0.3 is 0 Å². The summed E-state index contributed by atoms with van der Waals surface area (Å²) in [6, 6.07) is 17.1. The quantitative estimate of drug-likeness (QED) is 0.310. The molecule has 1 unspecified atom stereocenters. The number of carbonyl (C=O) groups excluding carboxylic acids is 2. The molecule has 7 nitrogen and oxygen atoms in total. The molecule has 0 aliphatic carbocycles. The Kier molecular flexibility index (Phi) is 9.10. The zero-order valence-corrected chi connectivity index (χ0v) is 19.6. The van der Waals surface area contributed by atoms with Gasteiger partial charge in [0.2, 0.25) is 5.91 Å². The van der Waals surface area contributed by atoms with Crippen molar-refractivity contribution in [2.45, 2.75) is 25.9 Å². The number of amides is 2. The predicted octanol–water partition coefficient (Wildman–Crippen LogP) is 2.52. The fourth-order valence-corrected chi connectivity index (χ4v) is 3.30. The van der Waals surface area contributed by atoms with Gasteiger partial charge in [0.1, 0.15) is 0 Å². The van der Waals surface area contributed by atoms with Gasteiger partial charge in [0.25, 0.3) is 5.91 Å². The molecule has 0 radical (unpaired) electrons. The van der Waals surface area contributed by atoms with Gasteiger partial charge in [-0.15, -0.1) is 24.0 Å². The minimum atomic E-state index is -0.119. The second-order valence-corrected chi connectivity index (χ2v) is 6.86. The molecule has 1 aliphatic heterocycles. The van der Waals surface area contributed by atoms with Crippen molar-refractivity contribution in [2.24, 2.45) is 4.99 Å². The molecular weight excluding hydrogens is 493 g/mol. The molecule has 30 heavy (non-hydrogen) atoms. The van der Waals surface area contributed by atoms with Gasteiger partial charge in [-0.2, -0.15) is 0 Å². The summed E-state index contributed by atoms with van der Waals surface area (Å²) in [4.78, 5) is 30.7. The highest BCUT2D eigenvalue weighted by atomic mass is 127. The maximum Gasteiger partial charge on any atom is 0.251 e. The molecule has 3 N–H and O–H groups in total. The molecule has 1 saturated heterocycles. The summed E-state index contributed by atoms with van der Waals surface area (Å²) in [5, 5.41) is 9.22. The third-order valence-corrected chi connectivity index (χ3v) is 4.71. The highest BCUT2D eigenvalue weighted by molar-refractivity contribution is 14.0. The van der Waals surface area contributed by atoms with E-state index in [2.05, 4.69) is 20.9 Å². The van der Waals surface area contributed by atoms with E-state index in [1.54, 1.807) is 18.0 Å². The molecule has 3 rings (SSSR count). The van der Waals surface area contributed by atoms with Crippen LogP contribution in [0.25, 0.3) is 0 Å². The van der Waals surface area contributed by atoms with E-state index in [1.165, 1.54) is 0 Å². The van der Waals surface area contributed by atoms with Crippen LogP contribution in [0.3, 0.4) is 0 Å². The van der Waals surface area contributed by atoms with Crippen LogP contribution in [0.15, 0.2) is 59.6 Å². The second-order valence-electron chi connectivity index (χ2n) is 6.86. The summed E-state index contributed by atoms with van der Waals surface area (Å²) in [7, 11) is 1.61. The molecule has 1 fully saturated rings. The molecule has 0 spiro atoms. The average molecular weight is 521 g/mol. The Labute approximate surface area is 194 Å². The van der Waals surface area contributed by atoms with Gasteiger partial charge in [-0.3, -0.25) is 9.59 Å². The number of aliphatic imine (C=N–C) groups is 1. The van der Waals surface area contributed by atoms with Crippen molar-refractivity contribution in [3.05, 3.63) is 65.7 Å². The molecule has 0 saturated carbocycles. The molecule has 8 heteroatoms. The zero-order valence-electron chi connectivity index (χ0n) is 17.2. The number of nitrogens with one attached hydrogen (secondary N) is 3. The first kappa shape index (κ1) is 23.7. The highest BCUT2D eigenvalue weighted by Crippen LogP contribution is 2.21. The van der Waals surface area contributed by atoms with Crippen molar-refractivity contribution < 1.29 is 9.59 Å². The minimum absolute atomic E-state index is 0. The number of nitrogens with zero attached hydrogens (tertiary/aromatic N) is 2. The van der Waals surface area contributed by atoms with Gasteiger partial charge in [-0.25, -0.2) is 4.99 Å². The smallest absolute Gasteiger partial charge is 0.251 e. The second kappa shape index (κ2) is 11.5. The third kappa shape index (κ3) is 6.19.